The molecule has 0 aromatic heterocycles. The number of carbonyl (C=O) groups excluding carboxylic acids is 9. The molecule has 0 fully saturated rings. The molecule has 0 aliphatic heterocycles. The fourth-order valence-corrected chi connectivity index (χ4v) is 7.54. The van der Waals surface area contributed by atoms with Crippen molar-refractivity contribution in [2.75, 3.05) is 26.3 Å². The van der Waals surface area contributed by atoms with E-state index in [0.717, 1.165) is 6.92 Å². The summed E-state index contributed by atoms with van der Waals surface area (Å²) in [5.41, 5.74) is 13.0. The lowest BCUT2D eigenvalue weighted by atomic mass is 9.96. The molecule has 0 aliphatic carbocycles. The molecule has 29 heteroatoms. The summed E-state index contributed by atoms with van der Waals surface area (Å²) in [5, 5.41) is 80.6. The van der Waals surface area contributed by atoms with Crippen LogP contribution in [-0.4, -0.2) is 178 Å². The highest BCUT2D eigenvalue weighted by molar-refractivity contribution is 5.98. The van der Waals surface area contributed by atoms with Gasteiger partial charge in [-0.2, -0.15) is 0 Å². The Morgan fingerprint density at radius 2 is 1.07 bits per heavy atom. The maximum Gasteiger partial charge on any atom is 0.408 e. The molecule has 0 radical (unpaired) electrons. The van der Waals surface area contributed by atoms with Gasteiger partial charge in [0.05, 0.1) is 38.0 Å². The molecule has 2 aromatic rings. The highest BCUT2D eigenvalue weighted by atomic mass is 16.5. The van der Waals surface area contributed by atoms with E-state index in [2.05, 4.69) is 47.9 Å². The highest BCUT2D eigenvalue weighted by Gasteiger charge is 2.38. The summed E-state index contributed by atoms with van der Waals surface area (Å²) >= 11 is 0. The van der Waals surface area contributed by atoms with Crippen LogP contribution in [0.25, 0.3) is 0 Å². The summed E-state index contributed by atoms with van der Waals surface area (Å²) in [6.07, 6.45) is -4.08. The van der Waals surface area contributed by atoms with Gasteiger partial charge in [0.1, 0.15) is 54.9 Å². The third kappa shape index (κ3) is 23.5. The first kappa shape index (κ1) is 68.1. The van der Waals surface area contributed by atoms with E-state index in [9.17, 15) is 68.4 Å². The van der Waals surface area contributed by atoms with Crippen molar-refractivity contribution in [2.45, 2.75) is 140 Å². The number of ether oxygens (including phenoxy) is 1. The van der Waals surface area contributed by atoms with Gasteiger partial charge in [-0.3, -0.25) is 43.8 Å². The van der Waals surface area contributed by atoms with Gasteiger partial charge in [0.25, 0.3) is 0 Å². The number of carboxylic acid groups (broad SMARTS) is 1. The first-order valence-electron chi connectivity index (χ1n) is 25.8. The Hall–Kier alpha value is -7.99. The number of aliphatic carboxylic acids is 1. The van der Waals surface area contributed by atoms with Gasteiger partial charge in [-0.15, -0.1) is 0 Å². The highest BCUT2D eigenvalue weighted by Crippen LogP contribution is 2.17. The van der Waals surface area contributed by atoms with Crippen LogP contribution in [0.4, 0.5) is 4.79 Å². The van der Waals surface area contributed by atoms with Crippen LogP contribution in [0.15, 0.2) is 60.7 Å². The van der Waals surface area contributed by atoms with Crippen molar-refractivity contribution in [1.82, 2.24) is 53.2 Å². The average molecular weight is 1130 g/mol. The standard InChI is InChI=1S/C51H79N13O16/c1-7-27(4)38(46(74)62-39(28(5)67)45(73)56-22-36(69)57-34(23-65)44(72)60-35(24-66)49(77)78)61-42(70)32(19-14-20-55-50(53)54)58-43(71)33(21-26(2)3)59-47(75)40(29(6)68)63-48(76)41(37(52)31-17-12-9-13-18-31)64-51(79)80-25-30-15-10-8-11-16-30/h8-13,15-18,26-29,32-35,37-41,65-68H,7,14,19-25,52H2,1-6H3,(H,56,73)(H,57,69)(H,58,71)(H,59,75)(H,60,72)(H,61,70)(H,62,74)(H,63,76)(H,64,79)(H,77,78)(H4,53,54,55)/t27-,28-,29+,32+,33-,34-,35-,37+,38-,39-,40-,41-/m0/s1. The molecule has 0 unspecified atom stereocenters. The van der Waals surface area contributed by atoms with Gasteiger partial charge in [-0.1, -0.05) is 94.8 Å². The number of nitrogens with two attached hydrogens (primary N) is 2. The normalized spacial score (nSPS) is 15.6. The van der Waals surface area contributed by atoms with Crippen LogP contribution in [0.3, 0.4) is 0 Å². The van der Waals surface area contributed by atoms with Gasteiger partial charge in [0.15, 0.2) is 5.96 Å². The smallest absolute Gasteiger partial charge is 0.408 e. The van der Waals surface area contributed by atoms with Crippen molar-refractivity contribution in [3.05, 3.63) is 71.8 Å². The number of guanidine groups is 1. The van der Waals surface area contributed by atoms with E-state index < -0.39 is 152 Å². The molecule has 0 spiro atoms. The number of hydrogen-bond donors (Lipinski definition) is 18. The van der Waals surface area contributed by atoms with E-state index in [1.54, 1.807) is 88.4 Å². The van der Waals surface area contributed by atoms with Gasteiger partial charge in [0.2, 0.25) is 47.3 Å². The molecule has 0 saturated heterocycles. The summed E-state index contributed by atoms with van der Waals surface area (Å²) in [6.45, 7) is 6.08. The van der Waals surface area contributed by atoms with Crippen molar-refractivity contribution < 1.29 is 78.2 Å². The van der Waals surface area contributed by atoms with E-state index in [-0.39, 0.29) is 50.7 Å². The van der Waals surface area contributed by atoms with Crippen molar-refractivity contribution >= 4 is 65.3 Å². The van der Waals surface area contributed by atoms with Crippen LogP contribution in [0.2, 0.25) is 0 Å². The molecule has 444 valence electrons. The number of aliphatic hydroxyl groups is 4. The monoisotopic (exact) mass is 1130 g/mol. The minimum Gasteiger partial charge on any atom is -0.480 e. The predicted molar refractivity (Wildman–Crippen MR) is 287 cm³/mol. The number of amides is 9. The maximum atomic E-state index is 14.3. The predicted octanol–water partition coefficient (Wildman–Crippen LogP) is -4.32. The average Bonchev–Trinajstić information content (AvgIpc) is 3.41. The molecule has 9 amide bonds. The topological polar surface area (TPSA) is 477 Å². The van der Waals surface area contributed by atoms with Gasteiger partial charge in [0, 0.05) is 6.54 Å². The first-order chi connectivity index (χ1) is 37.7. The first-order valence-corrected chi connectivity index (χ1v) is 25.8. The van der Waals surface area contributed by atoms with Gasteiger partial charge in [-0.05, 0) is 56.1 Å². The lowest BCUT2D eigenvalue weighted by Gasteiger charge is -2.30. The number of carbonyl (C=O) groups is 10. The molecule has 12 atom stereocenters. The van der Waals surface area contributed by atoms with E-state index in [4.69, 9.17) is 26.7 Å². The lowest BCUT2D eigenvalue weighted by molar-refractivity contribution is -0.143. The van der Waals surface area contributed by atoms with E-state index >= 15 is 0 Å². The van der Waals surface area contributed by atoms with Crippen LogP contribution in [0, 0.1) is 17.2 Å². The molecule has 20 N–H and O–H groups in total. The quantitative estimate of drug-likeness (QED) is 0.0179. The van der Waals surface area contributed by atoms with Gasteiger partial charge >= 0.3 is 12.1 Å². The second-order valence-corrected chi connectivity index (χ2v) is 19.3. The number of benzene rings is 2. The third-order valence-electron chi connectivity index (χ3n) is 12.2. The van der Waals surface area contributed by atoms with Crippen molar-refractivity contribution in [1.29, 1.82) is 5.41 Å². The van der Waals surface area contributed by atoms with Gasteiger partial charge in [-0.25, -0.2) is 9.59 Å². The number of carboxylic acids is 1. The second-order valence-electron chi connectivity index (χ2n) is 19.3. The molecule has 0 saturated carbocycles. The molecule has 0 heterocycles. The van der Waals surface area contributed by atoms with E-state index in [1.165, 1.54) is 6.92 Å². The maximum absolute atomic E-state index is 14.3. The van der Waals surface area contributed by atoms with Crippen molar-refractivity contribution in [3.8, 4) is 0 Å². The van der Waals surface area contributed by atoms with Gasteiger partial charge < -0.3 is 94.9 Å². The molecule has 2 aromatic carbocycles. The Morgan fingerprint density at radius 3 is 1.60 bits per heavy atom. The minimum absolute atomic E-state index is 0.0483. The van der Waals surface area contributed by atoms with Crippen LogP contribution >= 0.6 is 0 Å². The molecule has 0 bridgehead atoms. The third-order valence-corrected chi connectivity index (χ3v) is 12.2. The largest absolute Gasteiger partial charge is 0.480 e. The number of hydrogen-bond acceptors (Lipinski definition) is 17. The van der Waals surface area contributed by atoms with Crippen LogP contribution in [0.1, 0.15) is 84.4 Å². The summed E-state index contributed by atoms with van der Waals surface area (Å²) < 4.78 is 5.34. The molecule has 0 aliphatic rings. The SMILES string of the molecule is CC[C@H](C)[C@H](NC(=O)[C@@H](CCCNC(=N)N)NC(=O)[C@H](CC(C)C)NC(=O)[C@@H](NC(=O)[C@@H](NC(=O)OCc1ccccc1)[C@H](N)c1ccccc1)[C@@H](C)O)C(=O)N[C@H](C(=O)NCC(=O)N[C@@H](CO)C(=O)N[C@@H](CO)C(=O)O)[C@H](C)O. The van der Waals surface area contributed by atoms with Crippen molar-refractivity contribution in [3.63, 3.8) is 0 Å². The number of nitrogens with one attached hydrogen (secondary N) is 11. The van der Waals surface area contributed by atoms with Crippen LogP contribution < -0.4 is 64.6 Å². The lowest BCUT2D eigenvalue weighted by Crippen LogP contribution is -2.62. The number of aliphatic hydroxyl groups excluding tert-OH is 4. The van der Waals surface area contributed by atoms with E-state index in [0.29, 0.717) is 11.1 Å². The fourth-order valence-electron chi connectivity index (χ4n) is 7.54. The Kier molecular flexibility index (Phi) is 29.6. The summed E-state index contributed by atoms with van der Waals surface area (Å²) in [7, 11) is 0. The zero-order valence-corrected chi connectivity index (χ0v) is 45.5. The van der Waals surface area contributed by atoms with E-state index in [1.807, 2.05) is 5.32 Å². The Bertz CT molecular complexity index is 2380. The molecular formula is C51H79N13O16. The fraction of sp³-hybridized carbons (Fsp3) is 0.549. The second kappa shape index (κ2) is 34.8. The van der Waals surface area contributed by atoms with Crippen LogP contribution in [-0.2, 0) is 54.5 Å². The van der Waals surface area contributed by atoms with Crippen LogP contribution in [0.5, 0.6) is 0 Å². The Morgan fingerprint density at radius 1 is 0.588 bits per heavy atom. The Balaban J connectivity index is 2.36. The summed E-state index contributed by atoms with van der Waals surface area (Å²) in [6, 6.07) is 2.86. The molecule has 2 rings (SSSR count). The zero-order chi connectivity index (χ0) is 60.2. The zero-order valence-electron chi connectivity index (χ0n) is 45.5. The minimum atomic E-state index is -1.76. The molecule has 80 heavy (non-hydrogen) atoms. The molecular weight excluding hydrogens is 1050 g/mol. The number of alkyl carbamates (subject to hydrolysis) is 1. The Labute approximate surface area is 462 Å². The number of rotatable bonds is 34. The summed E-state index contributed by atoms with van der Waals surface area (Å²) in [5.74, 6) is -11.2. The summed E-state index contributed by atoms with van der Waals surface area (Å²) in [4.78, 5) is 133. The van der Waals surface area contributed by atoms with Crippen molar-refractivity contribution in [2.24, 2.45) is 23.3 Å². The molecule has 29 nitrogen and oxygen atoms in total.